The van der Waals surface area contributed by atoms with E-state index in [1.54, 1.807) is 6.26 Å². The molecule has 0 heterocycles. The molecule has 0 aliphatic heterocycles. The summed E-state index contributed by atoms with van der Waals surface area (Å²) in [7, 11) is -1.01. The Bertz CT molecular complexity index is 607. The third kappa shape index (κ3) is 3.65. The third-order valence-corrected chi connectivity index (χ3v) is 3.99. The van der Waals surface area contributed by atoms with Gasteiger partial charge in [-0.15, -0.1) is 0 Å². The summed E-state index contributed by atoms with van der Waals surface area (Å²) in [4.78, 5) is 0.865. The second-order valence-electron chi connectivity index (χ2n) is 4.74. The molecule has 0 N–H and O–H groups in total. The van der Waals surface area contributed by atoms with E-state index >= 15 is 0 Å². The van der Waals surface area contributed by atoms with E-state index in [9.17, 15) is 4.21 Å². The molecule has 0 amide bonds. The van der Waals surface area contributed by atoms with Gasteiger partial charge in [0.1, 0.15) is 0 Å². The summed E-state index contributed by atoms with van der Waals surface area (Å²) in [5, 5.41) is 0. The van der Waals surface area contributed by atoms with E-state index in [1.807, 2.05) is 30.3 Å². The maximum absolute atomic E-state index is 11.9. The number of aryl methyl sites for hydroxylation is 2. The average Bonchev–Trinajstić information content (AvgIpc) is 2.39. The van der Waals surface area contributed by atoms with Crippen LogP contribution in [-0.2, 0) is 10.8 Å². The Morgan fingerprint density at radius 1 is 0.895 bits per heavy atom. The van der Waals surface area contributed by atoms with Gasteiger partial charge in [-0.3, -0.25) is 4.21 Å². The van der Waals surface area contributed by atoms with Crippen molar-refractivity contribution in [3.8, 4) is 0 Å². The lowest BCUT2D eigenvalue weighted by molar-refractivity contribution is 0.692. The zero-order chi connectivity index (χ0) is 13.8. The Balaban J connectivity index is 2.43. The van der Waals surface area contributed by atoms with Gasteiger partial charge < -0.3 is 0 Å². The summed E-state index contributed by atoms with van der Waals surface area (Å²) in [6.45, 7) is 4.11. The first-order valence-electron chi connectivity index (χ1n) is 6.25. The minimum atomic E-state index is -1.01. The van der Waals surface area contributed by atoms with Crippen LogP contribution in [0.15, 0.2) is 48.5 Å². The van der Waals surface area contributed by atoms with Crippen LogP contribution in [0.4, 0.5) is 0 Å². The molecule has 0 aliphatic rings. The second-order valence-corrected chi connectivity index (χ2v) is 6.09. The molecule has 1 unspecified atom stereocenters. The lowest BCUT2D eigenvalue weighted by Crippen LogP contribution is -1.92. The van der Waals surface area contributed by atoms with E-state index in [1.165, 1.54) is 11.1 Å². The molecule has 0 fully saturated rings. The first-order valence-corrected chi connectivity index (χ1v) is 7.81. The molecule has 0 bridgehead atoms. The minimum Gasteiger partial charge on any atom is -0.255 e. The van der Waals surface area contributed by atoms with Crippen LogP contribution in [0, 0.1) is 13.8 Å². The van der Waals surface area contributed by atoms with Crippen LogP contribution in [-0.4, -0.2) is 10.5 Å². The third-order valence-electron chi connectivity index (χ3n) is 3.02. The lowest BCUT2D eigenvalue weighted by atomic mass is 10.1. The molecule has 0 spiro atoms. The molecule has 1 atom stereocenters. The SMILES string of the molecule is Cc1ccc(C=C(c2ccc(C)cc2)S(C)=O)cc1. The first-order chi connectivity index (χ1) is 9.06. The van der Waals surface area contributed by atoms with Crippen LogP contribution in [0.5, 0.6) is 0 Å². The highest BCUT2D eigenvalue weighted by atomic mass is 32.2. The van der Waals surface area contributed by atoms with Crippen molar-refractivity contribution in [1.29, 1.82) is 0 Å². The fraction of sp³-hybridized carbons (Fsp3) is 0.176. The van der Waals surface area contributed by atoms with Crippen LogP contribution in [0.25, 0.3) is 11.0 Å². The lowest BCUT2D eigenvalue weighted by Gasteiger charge is -2.06. The van der Waals surface area contributed by atoms with Gasteiger partial charge in [0.05, 0.1) is 10.8 Å². The average molecular weight is 270 g/mol. The highest BCUT2D eigenvalue weighted by molar-refractivity contribution is 7.94. The quantitative estimate of drug-likeness (QED) is 0.765. The molecule has 2 aromatic carbocycles. The Hall–Kier alpha value is -1.67. The van der Waals surface area contributed by atoms with Crippen LogP contribution < -0.4 is 0 Å². The van der Waals surface area contributed by atoms with Crippen LogP contribution in [0.1, 0.15) is 22.3 Å². The van der Waals surface area contributed by atoms with Crippen molar-refractivity contribution >= 4 is 21.8 Å². The van der Waals surface area contributed by atoms with Gasteiger partial charge in [0.2, 0.25) is 0 Å². The summed E-state index contributed by atoms with van der Waals surface area (Å²) >= 11 is 0. The van der Waals surface area contributed by atoms with Crippen molar-refractivity contribution in [3.63, 3.8) is 0 Å². The summed E-state index contributed by atoms with van der Waals surface area (Å²) in [5.41, 5.74) is 4.54. The number of rotatable bonds is 3. The molecule has 2 aromatic rings. The maximum atomic E-state index is 11.9. The molecule has 1 nitrogen and oxygen atoms in total. The predicted octanol–water partition coefficient (Wildman–Crippen LogP) is 4.18. The van der Waals surface area contributed by atoms with Crippen LogP contribution in [0.3, 0.4) is 0 Å². The molecule has 2 heteroatoms. The minimum absolute atomic E-state index is 0.865. The van der Waals surface area contributed by atoms with Crippen LogP contribution >= 0.6 is 0 Å². The molecule has 98 valence electrons. The molecule has 0 saturated carbocycles. The van der Waals surface area contributed by atoms with Gasteiger partial charge in [-0.2, -0.15) is 0 Å². The van der Waals surface area contributed by atoms with E-state index in [-0.39, 0.29) is 0 Å². The Labute approximate surface area is 117 Å². The zero-order valence-electron chi connectivity index (χ0n) is 11.5. The first kappa shape index (κ1) is 13.8. The highest BCUT2D eigenvalue weighted by Gasteiger charge is 2.06. The van der Waals surface area contributed by atoms with E-state index in [0.717, 1.165) is 16.0 Å². The Kier molecular flexibility index (Phi) is 4.33. The molecular weight excluding hydrogens is 252 g/mol. The summed E-state index contributed by atoms with van der Waals surface area (Å²) in [5.74, 6) is 0. The molecule has 0 radical (unpaired) electrons. The monoisotopic (exact) mass is 270 g/mol. The topological polar surface area (TPSA) is 17.1 Å². The Morgan fingerprint density at radius 3 is 1.84 bits per heavy atom. The van der Waals surface area contributed by atoms with Crippen LogP contribution in [0.2, 0.25) is 0 Å². The van der Waals surface area contributed by atoms with Crippen molar-refractivity contribution in [2.45, 2.75) is 13.8 Å². The zero-order valence-corrected chi connectivity index (χ0v) is 12.3. The van der Waals surface area contributed by atoms with Gasteiger partial charge in [0.25, 0.3) is 0 Å². The fourth-order valence-electron chi connectivity index (χ4n) is 1.86. The van der Waals surface area contributed by atoms with Crippen molar-refractivity contribution in [1.82, 2.24) is 0 Å². The van der Waals surface area contributed by atoms with Gasteiger partial charge in [-0.25, -0.2) is 0 Å². The van der Waals surface area contributed by atoms with E-state index < -0.39 is 10.8 Å². The molecule has 2 rings (SSSR count). The van der Waals surface area contributed by atoms with Crippen molar-refractivity contribution in [2.24, 2.45) is 0 Å². The van der Waals surface area contributed by atoms with E-state index in [4.69, 9.17) is 0 Å². The van der Waals surface area contributed by atoms with Crippen molar-refractivity contribution < 1.29 is 4.21 Å². The van der Waals surface area contributed by atoms with Gasteiger partial charge >= 0.3 is 0 Å². The van der Waals surface area contributed by atoms with Gasteiger partial charge in [0.15, 0.2) is 0 Å². The van der Waals surface area contributed by atoms with Gasteiger partial charge in [-0.05, 0) is 31.1 Å². The van der Waals surface area contributed by atoms with Crippen molar-refractivity contribution in [3.05, 3.63) is 70.8 Å². The number of benzene rings is 2. The molecule has 0 aliphatic carbocycles. The Morgan fingerprint density at radius 2 is 1.37 bits per heavy atom. The maximum Gasteiger partial charge on any atom is 0.0504 e. The standard InChI is InChI=1S/C17H18OS/c1-13-4-8-15(9-5-13)12-17(19(3)18)16-10-6-14(2)7-11-16/h4-12H,1-3H3. The fourth-order valence-corrected chi connectivity index (χ4v) is 2.63. The second kappa shape index (κ2) is 5.98. The smallest absolute Gasteiger partial charge is 0.0504 e. The number of hydrogen-bond acceptors (Lipinski definition) is 1. The van der Waals surface area contributed by atoms with Gasteiger partial charge in [-0.1, -0.05) is 59.7 Å². The molecule has 19 heavy (non-hydrogen) atoms. The summed E-state index contributed by atoms with van der Waals surface area (Å²) in [6, 6.07) is 16.4. The molecular formula is C17H18OS. The molecule has 0 aromatic heterocycles. The largest absolute Gasteiger partial charge is 0.255 e. The predicted molar refractivity (Wildman–Crippen MR) is 84.3 cm³/mol. The summed E-state index contributed by atoms with van der Waals surface area (Å²) in [6.07, 6.45) is 3.72. The van der Waals surface area contributed by atoms with E-state index in [0.29, 0.717) is 0 Å². The van der Waals surface area contributed by atoms with E-state index in [2.05, 4.69) is 38.1 Å². The summed E-state index contributed by atoms with van der Waals surface area (Å²) < 4.78 is 11.9. The highest BCUT2D eigenvalue weighted by Crippen LogP contribution is 2.21. The van der Waals surface area contributed by atoms with Gasteiger partial charge in [0, 0.05) is 11.2 Å². The van der Waals surface area contributed by atoms with Crippen molar-refractivity contribution in [2.75, 3.05) is 6.26 Å². The molecule has 0 saturated heterocycles. The normalized spacial score (nSPS) is 13.3. The number of hydrogen-bond donors (Lipinski definition) is 0.